The van der Waals surface area contributed by atoms with Crippen molar-refractivity contribution in [1.82, 2.24) is 5.32 Å². The number of carbonyl (C=O) groups is 1. The summed E-state index contributed by atoms with van der Waals surface area (Å²) in [5, 5.41) is 2.91. The highest BCUT2D eigenvalue weighted by molar-refractivity contribution is 5.94. The maximum absolute atomic E-state index is 12.0. The lowest BCUT2D eigenvalue weighted by atomic mass is 10.1. The molecule has 0 atom stereocenters. The van der Waals surface area contributed by atoms with Crippen molar-refractivity contribution in [3.8, 4) is 0 Å². The van der Waals surface area contributed by atoms with Crippen molar-refractivity contribution in [2.45, 2.75) is 20.4 Å². The van der Waals surface area contributed by atoms with Crippen LogP contribution in [0.4, 0.5) is 5.69 Å². The van der Waals surface area contributed by atoms with E-state index in [9.17, 15) is 4.79 Å². The number of anilines is 1. The number of carbonyl (C=O) groups excluding carboxylic acids is 1. The first kappa shape index (κ1) is 13.1. The van der Waals surface area contributed by atoms with Gasteiger partial charge < -0.3 is 11.1 Å². The van der Waals surface area contributed by atoms with Crippen LogP contribution in [0.2, 0.25) is 0 Å². The third-order valence-corrected chi connectivity index (χ3v) is 3.24. The molecule has 0 bridgehead atoms. The number of nitrogen functional groups attached to an aromatic ring is 1. The van der Waals surface area contributed by atoms with Crippen molar-refractivity contribution in [3.05, 3.63) is 64.7 Å². The third-order valence-electron chi connectivity index (χ3n) is 3.24. The van der Waals surface area contributed by atoms with Crippen LogP contribution in [0.1, 0.15) is 27.0 Å². The summed E-state index contributed by atoms with van der Waals surface area (Å²) in [6.45, 7) is 4.45. The van der Waals surface area contributed by atoms with Crippen LogP contribution in [0, 0.1) is 13.8 Å². The fourth-order valence-electron chi connectivity index (χ4n) is 1.88. The van der Waals surface area contributed by atoms with Gasteiger partial charge in [0.15, 0.2) is 0 Å². The SMILES string of the molecule is Cc1ccc(C(=O)NCc2cccc(N)c2C)cc1. The topological polar surface area (TPSA) is 55.1 Å². The Hall–Kier alpha value is -2.29. The number of aryl methyl sites for hydroxylation is 1. The van der Waals surface area contributed by atoms with Crippen LogP contribution >= 0.6 is 0 Å². The van der Waals surface area contributed by atoms with Crippen molar-refractivity contribution in [2.24, 2.45) is 0 Å². The van der Waals surface area contributed by atoms with Gasteiger partial charge in [-0.15, -0.1) is 0 Å². The van der Waals surface area contributed by atoms with Crippen LogP contribution in [0.3, 0.4) is 0 Å². The maximum Gasteiger partial charge on any atom is 0.251 e. The molecule has 0 aliphatic heterocycles. The lowest BCUT2D eigenvalue weighted by molar-refractivity contribution is 0.0951. The Morgan fingerprint density at radius 3 is 2.47 bits per heavy atom. The molecule has 0 aliphatic carbocycles. The summed E-state index contributed by atoms with van der Waals surface area (Å²) in [5.41, 5.74) is 10.5. The molecule has 0 saturated carbocycles. The monoisotopic (exact) mass is 254 g/mol. The Morgan fingerprint density at radius 2 is 1.79 bits per heavy atom. The molecule has 98 valence electrons. The largest absolute Gasteiger partial charge is 0.399 e. The molecule has 2 aromatic rings. The summed E-state index contributed by atoms with van der Waals surface area (Å²) >= 11 is 0. The predicted octanol–water partition coefficient (Wildman–Crippen LogP) is 2.82. The molecule has 3 heteroatoms. The Morgan fingerprint density at radius 1 is 1.11 bits per heavy atom. The summed E-state index contributed by atoms with van der Waals surface area (Å²) in [4.78, 5) is 12.0. The highest BCUT2D eigenvalue weighted by atomic mass is 16.1. The molecule has 1 amide bonds. The second-order valence-electron chi connectivity index (χ2n) is 4.68. The number of amides is 1. The van der Waals surface area contributed by atoms with Crippen molar-refractivity contribution >= 4 is 11.6 Å². The number of hydrogen-bond acceptors (Lipinski definition) is 2. The number of hydrogen-bond donors (Lipinski definition) is 2. The van der Waals surface area contributed by atoms with Gasteiger partial charge in [-0.2, -0.15) is 0 Å². The van der Waals surface area contributed by atoms with E-state index in [4.69, 9.17) is 5.73 Å². The van der Waals surface area contributed by atoms with Gasteiger partial charge in [0.25, 0.3) is 5.91 Å². The van der Waals surface area contributed by atoms with Crippen LogP contribution in [0.15, 0.2) is 42.5 Å². The number of nitrogens with one attached hydrogen (secondary N) is 1. The van der Waals surface area contributed by atoms with Gasteiger partial charge in [0, 0.05) is 17.8 Å². The highest BCUT2D eigenvalue weighted by Gasteiger charge is 2.06. The zero-order chi connectivity index (χ0) is 13.8. The Labute approximate surface area is 113 Å². The normalized spacial score (nSPS) is 10.2. The zero-order valence-corrected chi connectivity index (χ0v) is 11.2. The van der Waals surface area contributed by atoms with Gasteiger partial charge in [0.2, 0.25) is 0 Å². The quantitative estimate of drug-likeness (QED) is 0.827. The zero-order valence-electron chi connectivity index (χ0n) is 11.2. The smallest absolute Gasteiger partial charge is 0.251 e. The van der Waals surface area contributed by atoms with E-state index in [1.807, 2.05) is 56.3 Å². The molecular formula is C16H18N2O. The first-order chi connectivity index (χ1) is 9.08. The third kappa shape index (κ3) is 3.13. The molecule has 3 nitrogen and oxygen atoms in total. The van der Waals surface area contributed by atoms with Gasteiger partial charge in [0.05, 0.1) is 0 Å². The van der Waals surface area contributed by atoms with Crippen molar-refractivity contribution in [2.75, 3.05) is 5.73 Å². The second kappa shape index (κ2) is 5.57. The fourth-order valence-corrected chi connectivity index (χ4v) is 1.88. The summed E-state index contributed by atoms with van der Waals surface area (Å²) < 4.78 is 0. The minimum Gasteiger partial charge on any atom is -0.399 e. The first-order valence-electron chi connectivity index (χ1n) is 6.27. The van der Waals surface area contributed by atoms with Crippen LogP contribution < -0.4 is 11.1 Å². The summed E-state index contributed by atoms with van der Waals surface area (Å²) in [5.74, 6) is -0.0678. The van der Waals surface area contributed by atoms with Gasteiger partial charge in [-0.3, -0.25) is 4.79 Å². The van der Waals surface area contributed by atoms with Crippen molar-refractivity contribution < 1.29 is 4.79 Å². The Bertz CT molecular complexity index is 588. The maximum atomic E-state index is 12.0. The second-order valence-corrected chi connectivity index (χ2v) is 4.68. The molecule has 0 aromatic heterocycles. The molecule has 3 N–H and O–H groups in total. The highest BCUT2D eigenvalue weighted by Crippen LogP contribution is 2.15. The standard InChI is InChI=1S/C16H18N2O/c1-11-6-8-13(9-7-11)16(19)18-10-14-4-3-5-15(17)12(14)2/h3-9H,10,17H2,1-2H3,(H,18,19). The molecule has 0 unspecified atom stereocenters. The summed E-state index contributed by atoms with van der Waals surface area (Å²) in [6, 6.07) is 13.3. The minimum atomic E-state index is -0.0678. The molecule has 2 aromatic carbocycles. The van der Waals surface area contributed by atoms with Crippen molar-refractivity contribution in [1.29, 1.82) is 0 Å². The lowest BCUT2D eigenvalue weighted by Crippen LogP contribution is -2.23. The average molecular weight is 254 g/mol. The van der Waals surface area contributed by atoms with Crippen LogP contribution in [0.25, 0.3) is 0 Å². The molecule has 0 aliphatic rings. The molecule has 0 radical (unpaired) electrons. The van der Waals surface area contributed by atoms with Crippen LogP contribution in [-0.4, -0.2) is 5.91 Å². The molecule has 0 saturated heterocycles. The van der Waals surface area contributed by atoms with Gasteiger partial charge in [-0.05, 0) is 43.2 Å². The van der Waals surface area contributed by atoms with Crippen molar-refractivity contribution in [3.63, 3.8) is 0 Å². The van der Waals surface area contributed by atoms with Gasteiger partial charge >= 0.3 is 0 Å². The molecule has 19 heavy (non-hydrogen) atoms. The minimum absolute atomic E-state index is 0.0678. The van der Waals surface area contributed by atoms with E-state index in [1.165, 1.54) is 0 Å². The van der Waals surface area contributed by atoms with E-state index < -0.39 is 0 Å². The summed E-state index contributed by atoms with van der Waals surface area (Å²) in [6.07, 6.45) is 0. The van der Waals surface area contributed by atoms with Crippen LogP contribution in [-0.2, 0) is 6.54 Å². The number of nitrogens with two attached hydrogens (primary N) is 1. The predicted molar refractivity (Wildman–Crippen MR) is 77.9 cm³/mol. The number of rotatable bonds is 3. The summed E-state index contributed by atoms with van der Waals surface area (Å²) in [7, 11) is 0. The number of benzene rings is 2. The van der Waals surface area contributed by atoms with E-state index in [2.05, 4.69) is 5.32 Å². The first-order valence-corrected chi connectivity index (χ1v) is 6.27. The van der Waals surface area contributed by atoms with E-state index in [-0.39, 0.29) is 5.91 Å². The average Bonchev–Trinajstić information content (AvgIpc) is 2.41. The van der Waals surface area contributed by atoms with E-state index in [0.29, 0.717) is 12.1 Å². The molecule has 0 fully saturated rings. The Balaban J connectivity index is 2.04. The van der Waals surface area contributed by atoms with E-state index >= 15 is 0 Å². The molecule has 0 heterocycles. The molecule has 0 spiro atoms. The van der Waals surface area contributed by atoms with Gasteiger partial charge in [-0.1, -0.05) is 29.8 Å². The van der Waals surface area contributed by atoms with E-state index in [1.54, 1.807) is 0 Å². The van der Waals surface area contributed by atoms with Gasteiger partial charge in [-0.25, -0.2) is 0 Å². The van der Waals surface area contributed by atoms with Gasteiger partial charge in [0.1, 0.15) is 0 Å². The van der Waals surface area contributed by atoms with Crippen LogP contribution in [0.5, 0.6) is 0 Å². The fraction of sp³-hybridized carbons (Fsp3) is 0.188. The molecular weight excluding hydrogens is 236 g/mol. The Kier molecular flexibility index (Phi) is 3.85. The molecule has 2 rings (SSSR count). The van der Waals surface area contributed by atoms with E-state index in [0.717, 1.165) is 22.4 Å². The lowest BCUT2D eigenvalue weighted by Gasteiger charge is -2.10.